The Morgan fingerprint density at radius 3 is 2.71 bits per heavy atom. The van der Waals surface area contributed by atoms with E-state index in [0.29, 0.717) is 6.04 Å². The fraction of sp³-hybridized carbons (Fsp3) is 0.625. The molecule has 0 bridgehead atoms. The van der Waals surface area contributed by atoms with Crippen LogP contribution in [0.3, 0.4) is 0 Å². The van der Waals surface area contributed by atoms with Crippen molar-refractivity contribution in [2.75, 3.05) is 18.5 Å². The molecule has 5 heteroatoms. The fourth-order valence-corrected chi connectivity index (χ4v) is 4.43. The zero-order valence-corrected chi connectivity index (χ0v) is 13.8. The predicted molar refractivity (Wildman–Crippen MR) is 87.8 cm³/mol. The van der Waals surface area contributed by atoms with Crippen molar-refractivity contribution in [2.45, 2.75) is 50.4 Å². The van der Waals surface area contributed by atoms with Gasteiger partial charge in [-0.15, -0.1) is 0 Å². The monoisotopic (exact) mass is 310 g/mol. The maximum atomic E-state index is 11.8. The van der Waals surface area contributed by atoms with E-state index >= 15 is 0 Å². The molecular weight excluding hydrogens is 284 g/mol. The van der Waals surface area contributed by atoms with Gasteiger partial charge in [0, 0.05) is 24.5 Å². The third-order valence-electron chi connectivity index (χ3n) is 4.46. The van der Waals surface area contributed by atoms with Crippen LogP contribution in [0, 0.1) is 0 Å². The standard InChI is InChI=1S/C16H26N2O2S/c1-3-18(12-13-6-4-7-14(17)10-13)15-8-5-9-16(11-15)21(2,19)20/h4,6-7,10,15-16H,3,5,8-9,11-12,17H2,1-2H3. The Balaban J connectivity index is 2.06. The first-order chi connectivity index (χ1) is 9.90. The van der Waals surface area contributed by atoms with E-state index in [-0.39, 0.29) is 5.25 Å². The highest BCUT2D eigenvalue weighted by molar-refractivity contribution is 7.91. The van der Waals surface area contributed by atoms with E-state index in [1.165, 1.54) is 11.8 Å². The van der Waals surface area contributed by atoms with Crippen LogP contribution in [0.25, 0.3) is 0 Å². The van der Waals surface area contributed by atoms with Crippen molar-refractivity contribution in [3.8, 4) is 0 Å². The summed E-state index contributed by atoms with van der Waals surface area (Å²) in [5, 5.41) is -0.175. The summed E-state index contributed by atoms with van der Waals surface area (Å²) in [5.41, 5.74) is 7.81. The zero-order valence-electron chi connectivity index (χ0n) is 13.0. The van der Waals surface area contributed by atoms with E-state index in [2.05, 4.69) is 17.9 Å². The van der Waals surface area contributed by atoms with Gasteiger partial charge in [-0.1, -0.05) is 25.5 Å². The quantitative estimate of drug-likeness (QED) is 0.849. The molecule has 0 amide bonds. The van der Waals surface area contributed by atoms with Gasteiger partial charge in [-0.25, -0.2) is 8.42 Å². The van der Waals surface area contributed by atoms with Gasteiger partial charge in [0.05, 0.1) is 5.25 Å². The number of nitrogen functional groups attached to an aromatic ring is 1. The van der Waals surface area contributed by atoms with Crippen molar-refractivity contribution in [3.63, 3.8) is 0 Å². The van der Waals surface area contributed by atoms with E-state index < -0.39 is 9.84 Å². The smallest absolute Gasteiger partial charge is 0.150 e. The van der Waals surface area contributed by atoms with Crippen LogP contribution in [0.15, 0.2) is 24.3 Å². The summed E-state index contributed by atoms with van der Waals surface area (Å²) >= 11 is 0. The van der Waals surface area contributed by atoms with Gasteiger partial charge in [0.1, 0.15) is 9.84 Å². The number of hydrogen-bond donors (Lipinski definition) is 1. The Morgan fingerprint density at radius 1 is 1.33 bits per heavy atom. The Labute approximate surface area is 128 Å². The minimum atomic E-state index is -2.93. The third kappa shape index (κ3) is 4.45. The molecule has 0 spiro atoms. The third-order valence-corrected chi connectivity index (χ3v) is 6.10. The molecular formula is C16H26N2O2S. The first-order valence-corrected chi connectivity index (χ1v) is 9.63. The van der Waals surface area contributed by atoms with Crippen LogP contribution in [0.1, 0.15) is 38.2 Å². The van der Waals surface area contributed by atoms with Crippen LogP contribution in [0.5, 0.6) is 0 Å². The van der Waals surface area contributed by atoms with Gasteiger partial charge in [0.2, 0.25) is 0 Å². The molecule has 2 atom stereocenters. The average Bonchev–Trinajstić information content (AvgIpc) is 2.44. The summed E-state index contributed by atoms with van der Waals surface area (Å²) in [6.07, 6.45) is 5.02. The van der Waals surface area contributed by atoms with Crippen LogP contribution in [-0.2, 0) is 16.4 Å². The highest BCUT2D eigenvalue weighted by atomic mass is 32.2. The van der Waals surface area contributed by atoms with Crippen LogP contribution in [0.2, 0.25) is 0 Å². The number of hydrogen-bond acceptors (Lipinski definition) is 4. The van der Waals surface area contributed by atoms with Gasteiger partial charge in [-0.3, -0.25) is 4.90 Å². The van der Waals surface area contributed by atoms with Gasteiger partial charge in [-0.2, -0.15) is 0 Å². The van der Waals surface area contributed by atoms with Gasteiger partial charge in [-0.05, 0) is 43.5 Å². The SMILES string of the molecule is CCN(Cc1cccc(N)c1)C1CCCC(S(C)(=O)=O)C1. The van der Waals surface area contributed by atoms with Crippen LogP contribution in [0.4, 0.5) is 5.69 Å². The molecule has 21 heavy (non-hydrogen) atoms. The summed E-state index contributed by atoms with van der Waals surface area (Å²) in [4.78, 5) is 2.38. The Hall–Kier alpha value is -1.07. The van der Waals surface area contributed by atoms with E-state index in [1.54, 1.807) is 0 Å². The Bertz CT molecular complexity index is 571. The van der Waals surface area contributed by atoms with E-state index in [1.807, 2.05) is 18.2 Å². The van der Waals surface area contributed by atoms with Crippen molar-refractivity contribution in [2.24, 2.45) is 0 Å². The first kappa shape index (κ1) is 16.3. The van der Waals surface area contributed by atoms with E-state index in [4.69, 9.17) is 5.73 Å². The lowest BCUT2D eigenvalue weighted by Gasteiger charge is -2.36. The summed E-state index contributed by atoms with van der Waals surface area (Å²) in [6.45, 7) is 3.90. The van der Waals surface area contributed by atoms with E-state index in [9.17, 15) is 8.42 Å². The average molecular weight is 310 g/mol. The molecule has 2 rings (SSSR count). The topological polar surface area (TPSA) is 63.4 Å². The van der Waals surface area contributed by atoms with Crippen molar-refractivity contribution in [1.29, 1.82) is 0 Å². The largest absolute Gasteiger partial charge is 0.399 e. The lowest BCUT2D eigenvalue weighted by atomic mass is 9.93. The highest BCUT2D eigenvalue weighted by Crippen LogP contribution is 2.28. The highest BCUT2D eigenvalue weighted by Gasteiger charge is 2.31. The zero-order chi connectivity index (χ0) is 15.5. The van der Waals surface area contributed by atoms with Gasteiger partial charge in [0.15, 0.2) is 0 Å². The Morgan fingerprint density at radius 2 is 2.10 bits per heavy atom. The van der Waals surface area contributed by atoms with E-state index in [0.717, 1.165) is 44.5 Å². The van der Waals surface area contributed by atoms with Crippen LogP contribution in [-0.4, -0.2) is 37.4 Å². The minimum Gasteiger partial charge on any atom is -0.399 e. The van der Waals surface area contributed by atoms with Gasteiger partial charge < -0.3 is 5.73 Å². The van der Waals surface area contributed by atoms with Gasteiger partial charge >= 0.3 is 0 Å². The molecule has 4 nitrogen and oxygen atoms in total. The maximum absolute atomic E-state index is 11.8. The number of anilines is 1. The summed E-state index contributed by atoms with van der Waals surface area (Å²) in [6, 6.07) is 8.29. The molecule has 0 aromatic heterocycles. The number of rotatable bonds is 5. The number of nitrogens with two attached hydrogens (primary N) is 1. The molecule has 1 aliphatic carbocycles. The molecule has 2 N–H and O–H groups in total. The summed E-state index contributed by atoms with van der Waals surface area (Å²) < 4.78 is 23.6. The molecule has 1 aromatic rings. The van der Waals surface area contributed by atoms with Crippen LogP contribution >= 0.6 is 0 Å². The Kier molecular flexibility index (Phi) is 5.27. The van der Waals surface area contributed by atoms with Crippen molar-refractivity contribution >= 4 is 15.5 Å². The predicted octanol–water partition coefficient (Wildman–Crippen LogP) is 2.45. The van der Waals surface area contributed by atoms with Crippen molar-refractivity contribution < 1.29 is 8.42 Å². The molecule has 0 radical (unpaired) electrons. The molecule has 118 valence electrons. The molecule has 0 heterocycles. The molecule has 1 aromatic carbocycles. The van der Waals surface area contributed by atoms with Crippen molar-refractivity contribution in [1.82, 2.24) is 4.90 Å². The second-order valence-corrected chi connectivity index (χ2v) is 8.41. The second-order valence-electron chi connectivity index (χ2n) is 6.08. The lowest BCUT2D eigenvalue weighted by Crippen LogP contribution is -2.41. The molecule has 1 aliphatic rings. The van der Waals surface area contributed by atoms with Gasteiger partial charge in [0.25, 0.3) is 0 Å². The normalized spacial score (nSPS) is 23.4. The van der Waals surface area contributed by atoms with Crippen molar-refractivity contribution in [3.05, 3.63) is 29.8 Å². The summed E-state index contributed by atoms with van der Waals surface area (Å²) in [7, 11) is -2.93. The van der Waals surface area contributed by atoms with Crippen LogP contribution < -0.4 is 5.73 Å². The maximum Gasteiger partial charge on any atom is 0.150 e. The molecule has 0 saturated heterocycles. The minimum absolute atomic E-state index is 0.175. The molecule has 0 aliphatic heterocycles. The second kappa shape index (κ2) is 6.79. The lowest BCUT2D eigenvalue weighted by molar-refractivity contribution is 0.157. The fourth-order valence-electron chi connectivity index (χ4n) is 3.27. The number of nitrogens with zero attached hydrogens (tertiary/aromatic N) is 1. The molecule has 1 saturated carbocycles. The summed E-state index contributed by atoms with van der Waals surface area (Å²) in [5.74, 6) is 0. The number of benzene rings is 1. The first-order valence-electron chi connectivity index (χ1n) is 7.67. The molecule has 2 unspecified atom stereocenters. The number of sulfone groups is 1. The molecule has 1 fully saturated rings.